The van der Waals surface area contributed by atoms with Gasteiger partial charge in [0.25, 0.3) is 5.91 Å². The average molecular weight is 343 g/mol. The molecule has 1 aromatic heterocycles. The Morgan fingerprint density at radius 2 is 1.96 bits per heavy atom. The van der Waals surface area contributed by atoms with Crippen LogP contribution in [0.15, 0.2) is 48.5 Å². The number of ether oxygens (including phenoxy) is 1. The zero-order valence-corrected chi connectivity index (χ0v) is 13.6. The van der Waals surface area contributed by atoms with E-state index in [0.717, 1.165) is 0 Å². The van der Waals surface area contributed by atoms with Gasteiger partial charge < -0.3 is 10.1 Å². The number of rotatable bonds is 4. The van der Waals surface area contributed by atoms with Crippen molar-refractivity contribution in [3.8, 4) is 17.0 Å². The number of benzene rings is 2. The van der Waals surface area contributed by atoms with Gasteiger partial charge in [0.15, 0.2) is 0 Å². The van der Waals surface area contributed by atoms with E-state index in [-0.39, 0.29) is 11.3 Å². The molecular weight excluding hydrogens is 328 g/mol. The minimum atomic E-state index is -0.505. The Balaban J connectivity index is 1.88. The molecule has 0 radical (unpaired) electrons. The molecule has 0 saturated carbocycles. The molecule has 0 fully saturated rings. The highest BCUT2D eigenvalue weighted by molar-refractivity contribution is 6.03. The lowest BCUT2D eigenvalue weighted by atomic mass is 10.1. The first-order chi connectivity index (χ1) is 12.0. The van der Waals surface area contributed by atoms with Gasteiger partial charge in [0.05, 0.1) is 12.8 Å². The molecule has 0 aliphatic carbocycles. The topological polar surface area (TPSA) is 56.1 Å². The van der Waals surface area contributed by atoms with E-state index in [4.69, 9.17) is 4.74 Å². The molecule has 1 amide bonds. The van der Waals surface area contributed by atoms with Crippen LogP contribution in [-0.2, 0) is 7.05 Å². The number of carbonyl (C=O) groups excluding carboxylic acids is 1. The monoisotopic (exact) mass is 343 g/mol. The summed E-state index contributed by atoms with van der Waals surface area (Å²) < 4.78 is 33.7. The lowest BCUT2D eigenvalue weighted by Gasteiger charge is -2.04. The molecule has 7 heteroatoms. The van der Waals surface area contributed by atoms with Crippen molar-refractivity contribution in [1.82, 2.24) is 9.78 Å². The Morgan fingerprint density at radius 1 is 1.16 bits per heavy atom. The molecule has 0 aliphatic heterocycles. The van der Waals surface area contributed by atoms with Gasteiger partial charge in [-0.3, -0.25) is 9.48 Å². The number of carbonyl (C=O) groups is 1. The number of anilines is 1. The van der Waals surface area contributed by atoms with Crippen molar-refractivity contribution in [2.24, 2.45) is 7.05 Å². The van der Waals surface area contributed by atoms with Crippen LogP contribution in [0.4, 0.5) is 14.5 Å². The van der Waals surface area contributed by atoms with Crippen LogP contribution < -0.4 is 10.1 Å². The summed E-state index contributed by atoms with van der Waals surface area (Å²) in [5.41, 5.74) is 1.10. The zero-order valence-electron chi connectivity index (χ0n) is 13.6. The fourth-order valence-corrected chi connectivity index (χ4v) is 2.40. The molecule has 0 spiro atoms. The number of methoxy groups -OCH3 is 1. The standard InChI is InChI=1S/C18H15F2N3O2/c1-23-17(18(24)21-12-5-3-4-11(19)8-12)10-16(22-23)14-7-6-13(25-2)9-15(14)20/h3-10H,1-2H3,(H,21,24). The van der Waals surface area contributed by atoms with E-state index in [1.165, 1.54) is 48.2 Å². The van der Waals surface area contributed by atoms with Crippen molar-refractivity contribution in [3.63, 3.8) is 0 Å². The van der Waals surface area contributed by atoms with Gasteiger partial charge in [-0.2, -0.15) is 5.10 Å². The van der Waals surface area contributed by atoms with Crippen LogP contribution in [0.3, 0.4) is 0 Å². The van der Waals surface area contributed by atoms with Gasteiger partial charge in [0.2, 0.25) is 0 Å². The number of nitrogens with zero attached hydrogens (tertiary/aromatic N) is 2. The summed E-state index contributed by atoms with van der Waals surface area (Å²) in [6.45, 7) is 0. The third-order valence-electron chi connectivity index (χ3n) is 3.65. The number of hydrogen-bond donors (Lipinski definition) is 1. The molecule has 25 heavy (non-hydrogen) atoms. The molecule has 2 aromatic carbocycles. The number of aryl methyl sites for hydroxylation is 1. The molecule has 0 aliphatic rings. The smallest absolute Gasteiger partial charge is 0.273 e. The fraction of sp³-hybridized carbons (Fsp3) is 0.111. The second-order valence-electron chi connectivity index (χ2n) is 5.35. The maximum absolute atomic E-state index is 14.2. The third-order valence-corrected chi connectivity index (χ3v) is 3.65. The molecule has 0 atom stereocenters. The molecule has 1 heterocycles. The quantitative estimate of drug-likeness (QED) is 0.787. The van der Waals surface area contributed by atoms with Gasteiger partial charge in [-0.25, -0.2) is 8.78 Å². The van der Waals surface area contributed by atoms with E-state index in [1.807, 2.05) is 0 Å². The number of amides is 1. The molecule has 128 valence electrons. The summed E-state index contributed by atoms with van der Waals surface area (Å²) in [5, 5.41) is 6.76. The summed E-state index contributed by atoms with van der Waals surface area (Å²) >= 11 is 0. The predicted octanol–water partition coefficient (Wildman–Crippen LogP) is 3.63. The Morgan fingerprint density at radius 3 is 2.64 bits per heavy atom. The molecule has 1 N–H and O–H groups in total. The first-order valence-corrected chi connectivity index (χ1v) is 7.43. The second kappa shape index (κ2) is 6.72. The molecule has 0 unspecified atom stereocenters. The van der Waals surface area contributed by atoms with Crippen molar-refractivity contribution in [2.45, 2.75) is 0 Å². The Labute approximate surface area is 142 Å². The summed E-state index contributed by atoms with van der Waals surface area (Å²) in [4.78, 5) is 12.4. The highest BCUT2D eigenvalue weighted by Gasteiger charge is 2.17. The Bertz CT molecular complexity index is 938. The number of aromatic nitrogens is 2. The van der Waals surface area contributed by atoms with Crippen molar-refractivity contribution >= 4 is 11.6 Å². The molecule has 5 nitrogen and oxygen atoms in total. The molecule has 0 bridgehead atoms. The second-order valence-corrected chi connectivity index (χ2v) is 5.35. The highest BCUT2D eigenvalue weighted by atomic mass is 19.1. The van der Waals surface area contributed by atoms with Gasteiger partial charge in [0.1, 0.15) is 23.1 Å². The van der Waals surface area contributed by atoms with E-state index in [2.05, 4.69) is 10.4 Å². The Hall–Kier alpha value is -3.22. The van der Waals surface area contributed by atoms with Crippen molar-refractivity contribution < 1.29 is 18.3 Å². The molecular formula is C18H15F2N3O2. The van der Waals surface area contributed by atoms with Crippen LogP contribution in [0.2, 0.25) is 0 Å². The first kappa shape index (κ1) is 16.6. The molecule has 3 aromatic rings. The maximum Gasteiger partial charge on any atom is 0.273 e. The van der Waals surface area contributed by atoms with Crippen molar-refractivity contribution in [3.05, 3.63) is 65.9 Å². The summed E-state index contributed by atoms with van der Waals surface area (Å²) in [7, 11) is 3.02. The van der Waals surface area contributed by atoms with Gasteiger partial charge in [0, 0.05) is 24.4 Å². The van der Waals surface area contributed by atoms with Crippen LogP contribution in [0.1, 0.15) is 10.5 Å². The summed E-state index contributed by atoms with van der Waals surface area (Å²) in [5.74, 6) is -1.04. The minimum absolute atomic E-state index is 0.217. The van der Waals surface area contributed by atoms with Gasteiger partial charge in [-0.15, -0.1) is 0 Å². The van der Waals surface area contributed by atoms with E-state index < -0.39 is 17.5 Å². The Kier molecular flexibility index (Phi) is 4.47. The van der Waals surface area contributed by atoms with Gasteiger partial charge in [-0.1, -0.05) is 6.07 Å². The number of halogens is 2. The average Bonchev–Trinajstić information content (AvgIpc) is 2.96. The lowest BCUT2D eigenvalue weighted by molar-refractivity contribution is 0.101. The largest absolute Gasteiger partial charge is 0.497 e. The van der Waals surface area contributed by atoms with Crippen LogP contribution >= 0.6 is 0 Å². The van der Waals surface area contributed by atoms with Crippen LogP contribution in [0.5, 0.6) is 5.75 Å². The predicted molar refractivity (Wildman–Crippen MR) is 89.5 cm³/mol. The maximum atomic E-state index is 14.2. The highest BCUT2D eigenvalue weighted by Crippen LogP contribution is 2.26. The van der Waals surface area contributed by atoms with E-state index in [1.54, 1.807) is 19.2 Å². The summed E-state index contributed by atoms with van der Waals surface area (Å²) in [6.07, 6.45) is 0. The zero-order chi connectivity index (χ0) is 18.0. The first-order valence-electron chi connectivity index (χ1n) is 7.43. The molecule has 3 rings (SSSR count). The minimum Gasteiger partial charge on any atom is -0.497 e. The van der Waals surface area contributed by atoms with Crippen LogP contribution in [-0.4, -0.2) is 22.8 Å². The van der Waals surface area contributed by atoms with E-state index >= 15 is 0 Å². The summed E-state index contributed by atoms with van der Waals surface area (Å²) in [6, 6.07) is 11.4. The SMILES string of the molecule is COc1ccc(-c2cc(C(=O)Nc3cccc(F)c3)n(C)n2)c(F)c1. The lowest BCUT2D eigenvalue weighted by Crippen LogP contribution is -2.16. The third kappa shape index (κ3) is 3.50. The molecule has 0 saturated heterocycles. The number of hydrogen-bond acceptors (Lipinski definition) is 3. The van der Waals surface area contributed by atoms with Gasteiger partial charge >= 0.3 is 0 Å². The fourth-order valence-electron chi connectivity index (χ4n) is 2.40. The van der Waals surface area contributed by atoms with E-state index in [9.17, 15) is 13.6 Å². The van der Waals surface area contributed by atoms with Crippen LogP contribution in [0.25, 0.3) is 11.3 Å². The van der Waals surface area contributed by atoms with Crippen molar-refractivity contribution in [2.75, 3.05) is 12.4 Å². The number of nitrogens with one attached hydrogen (secondary N) is 1. The normalized spacial score (nSPS) is 10.6. The van der Waals surface area contributed by atoms with Crippen LogP contribution in [0, 0.1) is 11.6 Å². The van der Waals surface area contributed by atoms with Crippen molar-refractivity contribution in [1.29, 1.82) is 0 Å². The van der Waals surface area contributed by atoms with Gasteiger partial charge in [-0.05, 0) is 36.4 Å². The van der Waals surface area contributed by atoms with E-state index in [0.29, 0.717) is 17.1 Å².